The van der Waals surface area contributed by atoms with Crippen molar-refractivity contribution in [3.8, 4) is 11.8 Å². The van der Waals surface area contributed by atoms with Crippen LogP contribution in [0.4, 0.5) is 0 Å². The van der Waals surface area contributed by atoms with E-state index in [4.69, 9.17) is 0 Å². The minimum absolute atomic E-state index is 0.854. The first-order valence-electron chi connectivity index (χ1n) is 5.33. The van der Waals surface area contributed by atoms with Gasteiger partial charge in [0, 0.05) is 21.8 Å². The van der Waals surface area contributed by atoms with Crippen molar-refractivity contribution in [2.24, 2.45) is 0 Å². The average Bonchev–Trinajstić information content (AvgIpc) is 2.86. The molecule has 0 radical (unpaired) electrons. The Morgan fingerprint density at radius 2 is 1.82 bits per heavy atom. The zero-order valence-electron chi connectivity index (χ0n) is 9.05. The van der Waals surface area contributed by atoms with Gasteiger partial charge in [-0.25, -0.2) is 4.98 Å². The van der Waals surface area contributed by atoms with E-state index in [2.05, 4.69) is 28.3 Å². The van der Waals surface area contributed by atoms with Crippen molar-refractivity contribution in [2.75, 3.05) is 0 Å². The SMILES string of the molecule is C(#Cc1nccc2sccc12)c1ccccc1. The van der Waals surface area contributed by atoms with Crippen molar-refractivity contribution >= 4 is 21.4 Å². The lowest BCUT2D eigenvalue weighted by atomic mass is 10.2. The standard InChI is InChI=1S/C15H9NS/c1-2-4-12(5-3-1)6-7-14-13-9-11-17-15(13)8-10-16-14/h1-5,8-11H. The zero-order chi connectivity index (χ0) is 11.5. The topological polar surface area (TPSA) is 12.9 Å². The van der Waals surface area contributed by atoms with E-state index >= 15 is 0 Å². The van der Waals surface area contributed by atoms with Crippen molar-refractivity contribution in [2.45, 2.75) is 0 Å². The van der Waals surface area contributed by atoms with Gasteiger partial charge in [-0.2, -0.15) is 0 Å². The molecule has 0 amide bonds. The highest BCUT2D eigenvalue weighted by molar-refractivity contribution is 7.17. The molecule has 2 heterocycles. The van der Waals surface area contributed by atoms with Crippen molar-refractivity contribution in [3.05, 3.63) is 65.3 Å². The average molecular weight is 235 g/mol. The van der Waals surface area contributed by atoms with Gasteiger partial charge >= 0.3 is 0 Å². The summed E-state index contributed by atoms with van der Waals surface area (Å²) < 4.78 is 1.23. The lowest BCUT2D eigenvalue weighted by Crippen LogP contribution is -1.81. The van der Waals surface area contributed by atoms with Crippen molar-refractivity contribution in [3.63, 3.8) is 0 Å². The van der Waals surface area contributed by atoms with E-state index in [-0.39, 0.29) is 0 Å². The molecule has 1 aromatic carbocycles. The third-order valence-electron chi connectivity index (χ3n) is 2.48. The number of nitrogens with zero attached hydrogens (tertiary/aromatic N) is 1. The third kappa shape index (κ3) is 2.06. The van der Waals surface area contributed by atoms with Gasteiger partial charge in [-0.3, -0.25) is 0 Å². The molecule has 2 heteroatoms. The Balaban J connectivity index is 2.06. The van der Waals surface area contributed by atoms with Crippen LogP contribution in [0.2, 0.25) is 0 Å². The summed E-state index contributed by atoms with van der Waals surface area (Å²) in [6.45, 7) is 0. The van der Waals surface area contributed by atoms with Crippen LogP contribution in [0.3, 0.4) is 0 Å². The number of aromatic nitrogens is 1. The summed E-state index contributed by atoms with van der Waals surface area (Å²) in [5.74, 6) is 6.27. The minimum atomic E-state index is 0.854. The predicted molar refractivity (Wildman–Crippen MR) is 72.0 cm³/mol. The van der Waals surface area contributed by atoms with E-state index in [0.717, 1.165) is 16.6 Å². The smallest absolute Gasteiger partial charge is 0.122 e. The minimum Gasteiger partial charge on any atom is -0.247 e. The molecule has 80 valence electrons. The molecule has 0 fully saturated rings. The zero-order valence-corrected chi connectivity index (χ0v) is 9.87. The van der Waals surface area contributed by atoms with Crippen LogP contribution in [0.25, 0.3) is 10.1 Å². The Labute approximate surface area is 104 Å². The first kappa shape index (κ1) is 10.1. The van der Waals surface area contributed by atoms with Gasteiger partial charge in [0.1, 0.15) is 5.69 Å². The second kappa shape index (κ2) is 4.40. The van der Waals surface area contributed by atoms with Gasteiger partial charge < -0.3 is 0 Å². The molecule has 0 aliphatic carbocycles. The Kier molecular flexibility index (Phi) is 2.61. The first-order valence-corrected chi connectivity index (χ1v) is 6.21. The molecular weight excluding hydrogens is 226 g/mol. The van der Waals surface area contributed by atoms with E-state index in [1.165, 1.54) is 4.70 Å². The molecule has 3 aromatic rings. The molecule has 0 aliphatic rings. The van der Waals surface area contributed by atoms with E-state index < -0.39 is 0 Å². The molecule has 0 atom stereocenters. The Hall–Kier alpha value is -2.11. The van der Waals surface area contributed by atoms with E-state index in [1.54, 1.807) is 11.3 Å². The van der Waals surface area contributed by atoms with Gasteiger partial charge in [0.05, 0.1) is 0 Å². The molecular formula is C15H9NS. The summed E-state index contributed by atoms with van der Waals surface area (Å²) >= 11 is 1.72. The van der Waals surface area contributed by atoms with Gasteiger partial charge in [-0.05, 0) is 35.6 Å². The highest BCUT2D eigenvalue weighted by atomic mass is 32.1. The summed E-state index contributed by atoms with van der Waals surface area (Å²) in [6, 6.07) is 14.1. The Bertz CT molecular complexity index is 702. The van der Waals surface area contributed by atoms with Crippen LogP contribution in [-0.4, -0.2) is 4.98 Å². The van der Waals surface area contributed by atoms with Gasteiger partial charge in [0.15, 0.2) is 0 Å². The Morgan fingerprint density at radius 3 is 2.71 bits per heavy atom. The fourth-order valence-electron chi connectivity index (χ4n) is 1.65. The largest absolute Gasteiger partial charge is 0.247 e. The number of fused-ring (bicyclic) bond motifs is 1. The summed E-state index contributed by atoms with van der Waals surface area (Å²) in [4.78, 5) is 4.33. The van der Waals surface area contributed by atoms with Crippen LogP contribution >= 0.6 is 11.3 Å². The van der Waals surface area contributed by atoms with Gasteiger partial charge in [-0.1, -0.05) is 24.1 Å². The maximum Gasteiger partial charge on any atom is 0.122 e. The number of rotatable bonds is 0. The molecule has 0 bridgehead atoms. The van der Waals surface area contributed by atoms with Crippen LogP contribution in [0, 0.1) is 11.8 Å². The monoisotopic (exact) mass is 235 g/mol. The predicted octanol–water partition coefficient (Wildman–Crippen LogP) is 3.70. The van der Waals surface area contributed by atoms with Crippen molar-refractivity contribution in [1.82, 2.24) is 4.98 Å². The Morgan fingerprint density at radius 1 is 0.941 bits per heavy atom. The second-order valence-corrected chi connectivity index (χ2v) is 4.56. The fourth-order valence-corrected chi connectivity index (χ4v) is 2.43. The normalized spacial score (nSPS) is 9.88. The van der Waals surface area contributed by atoms with Gasteiger partial charge in [0.2, 0.25) is 0 Å². The van der Waals surface area contributed by atoms with Crippen molar-refractivity contribution < 1.29 is 0 Å². The highest BCUT2D eigenvalue weighted by Crippen LogP contribution is 2.21. The molecule has 2 aromatic heterocycles. The summed E-state index contributed by atoms with van der Waals surface area (Å²) in [6.07, 6.45) is 1.81. The van der Waals surface area contributed by atoms with E-state index in [1.807, 2.05) is 42.6 Å². The second-order valence-electron chi connectivity index (χ2n) is 3.61. The number of benzene rings is 1. The van der Waals surface area contributed by atoms with Crippen LogP contribution < -0.4 is 0 Å². The quantitative estimate of drug-likeness (QED) is 0.541. The van der Waals surface area contributed by atoms with Gasteiger partial charge in [0.25, 0.3) is 0 Å². The van der Waals surface area contributed by atoms with Crippen LogP contribution in [0.1, 0.15) is 11.3 Å². The van der Waals surface area contributed by atoms with Crippen LogP contribution in [-0.2, 0) is 0 Å². The molecule has 0 N–H and O–H groups in total. The number of hydrogen-bond acceptors (Lipinski definition) is 2. The molecule has 1 nitrogen and oxygen atoms in total. The third-order valence-corrected chi connectivity index (χ3v) is 3.36. The molecule has 0 spiro atoms. The first-order chi connectivity index (χ1) is 8.43. The maximum absolute atomic E-state index is 4.33. The molecule has 0 unspecified atom stereocenters. The van der Waals surface area contributed by atoms with Crippen LogP contribution in [0.5, 0.6) is 0 Å². The highest BCUT2D eigenvalue weighted by Gasteiger charge is 1.99. The molecule has 17 heavy (non-hydrogen) atoms. The molecule has 3 rings (SSSR count). The lowest BCUT2D eigenvalue weighted by Gasteiger charge is -1.92. The van der Waals surface area contributed by atoms with E-state index in [0.29, 0.717) is 0 Å². The molecule has 0 saturated carbocycles. The molecule has 0 saturated heterocycles. The summed E-state index contributed by atoms with van der Waals surface area (Å²) in [5.41, 5.74) is 1.87. The summed E-state index contributed by atoms with van der Waals surface area (Å²) in [5, 5.41) is 3.21. The number of pyridine rings is 1. The van der Waals surface area contributed by atoms with Crippen LogP contribution in [0.15, 0.2) is 54.0 Å². The number of hydrogen-bond donors (Lipinski definition) is 0. The maximum atomic E-state index is 4.33. The molecule has 0 aliphatic heterocycles. The lowest BCUT2D eigenvalue weighted by molar-refractivity contribution is 1.33. The number of thiophene rings is 1. The summed E-state index contributed by atoms with van der Waals surface area (Å²) in [7, 11) is 0. The van der Waals surface area contributed by atoms with Gasteiger partial charge in [-0.15, -0.1) is 11.3 Å². The van der Waals surface area contributed by atoms with E-state index in [9.17, 15) is 0 Å². The van der Waals surface area contributed by atoms with Crippen molar-refractivity contribution in [1.29, 1.82) is 0 Å². The fraction of sp³-hybridized carbons (Fsp3) is 0.